The molecule has 12 rings (SSSR count). The number of pyridine rings is 1. The Kier molecular flexibility index (Phi) is 10.2. The fraction of sp³-hybridized carbons (Fsp3) is 0. The minimum Gasteiger partial charge on any atom is -0.309 e. The number of rotatable bonds is 9. The van der Waals surface area contributed by atoms with E-state index in [1.165, 1.54) is 49.6 Å². The molecule has 0 saturated heterocycles. The van der Waals surface area contributed by atoms with E-state index in [0.29, 0.717) is 0 Å². The molecule has 2 nitrogen and oxygen atoms in total. The highest BCUT2D eigenvalue weighted by molar-refractivity contribution is 6.09. The summed E-state index contributed by atoms with van der Waals surface area (Å²) in [5.74, 6) is 0. The van der Waals surface area contributed by atoms with Gasteiger partial charge in [0.1, 0.15) is 0 Å². The summed E-state index contributed by atoms with van der Waals surface area (Å²) in [6, 6.07) is 96.4. The van der Waals surface area contributed by atoms with Crippen LogP contribution in [-0.4, -0.2) is 9.55 Å². The summed E-state index contributed by atoms with van der Waals surface area (Å²) in [5, 5.41) is 2.52. The van der Waals surface area contributed by atoms with Crippen LogP contribution in [0.2, 0.25) is 0 Å². The summed E-state index contributed by atoms with van der Waals surface area (Å²) in [4.78, 5) is 5.14. The second-order valence-electron chi connectivity index (χ2n) is 17.2. The normalized spacial score (nSPS) is 11.3. The number of nitrogens with zero attached hydrogens (tertiary/aromatic N) is 2. The molecule has 0 atom stereocenters. The molecule has 10 aromatic carbocycles. The summed E-state index contributed by atoms with van der Waals surface area (Å²) in [5.41, 5.74) is 21.6. The molecule has 2 heteroatoms. The van der Waals surface area contributed by atoms with Crippen molar-refractivity contribution in [1.82, 2.24) is 9.55 Å². The van der Waals surface area contributed by atoms with E-state index in [2.05, 4.69) is 271 Å². The highest BCUT2D eigenvalue weighted by Crippen LogP contribution is 2.39. The van der Waals surface area contributed by atoms with Gasteiger partial charge in [-0.15, -0.1) is 0 Å². The van der Waals surface area contributed by atoms with Crippen molar-refractivity contribution in [3.8, 4) is 95.0 Å². The zero-order valence-electron chi connectivity index (χ0n) is 36.8. The van der Waals surface area contributed by atoms with E-state index < -0.39 is 0 Å². The molecule has 0 unspecified atom stereocenters. The van der Waals surface area contributed by atoms with Gasteiger partial charge >= 0.3 is 0 Å². The van der Waals surface area contributed by atoms with Gasteiger partial charge in [-0.25, -0.2) is 4.98 Å². The quantitative estimate of drug-likeness (QED) is 0.141. The van der Waals surface area contributed by atoms with E-state index >= 15 is 0 Å². The second-order valence-corrected chi connectivity index (χ2v) is 17.2. The van der Waals surface area contributed by atoms with Crippen molar-refractivity contribution >= 4 is 21.8 Å². The predicted molar refractivity (Wildman–Crippen MR) is 282 cm³/mol. The molecule has 67 heavy (non-hydrogen) atoms. The van der Waals surface area contributed by atoms with Crippen LogP contribution >= 0.6 is 0 Å². The Labute approximate surface area is 391 Å². The monoisotopic (exact) mass is 852 g/mol. The van der Waals surface area contributed by atoms with Crippen LogP contribution in [0.3, 0.4) is 0 Å². The lowest BCUT2D eigenvalue weighted by molar-refractivity contribution is 1.18. The van der Waals surface area contributed by atoms with E-state index in [4.69, 9.17) is 4.98 Å². The first-order chi connectivity index (χ1) is 33.2. The molecule has 0 aliphatic heterocycles. The Morgan fingerprint density at radius 3 is 0.851 bits per heavy atom. The number of aromatic nitrogens is 2. The summed E-state index contributed by atoms with van der Waals surface area (Å²) in [7, 11) is 0. The Hall–Kier alpha value is -8.85. The van der Waals surface area contributed by atoms with Crippen LogP contribution in [0.15, 0.2) is 267 Å². The molecule has 0 amide bonds. The van der Waals surface area contributed by atoms with Crippen LogP contribution < -0.4 is 0 Å². The Bertz CT molecular complexity index is 3520. The van der Waals surface area contributed by atoms with Crippen LogP contribution in [-0.2, 0) is 0 Å². The van der Waals surface area contributed by atoms with Crippen molar-refractivity contribution in [2.24, 2.45) is 0 Å². The zero-order valence-corrected chi connectivity index (χ0v) is 36.8. The zero-order chi connectivity index (χ0) is 44.5. The minimum absolute atomic E-state index is 0.954. The summed E-state index contributed by atoms with van der Waals surface area (Å²) < 4.78 is 2.38. The highest BCUT2D eigenvalue weighted by Gasteiger charge is 2.15. The largest absolute Gasteiger partial charge is 0.309 e. The summed E-state index contributed by atoms with van der Waals surface area (Å²) >= 11 is 0. The number of hydrogen-bond donors (Lipinski definition) is 0. The summed E-state index contributed by atoms with van der Waals surface area (Å²) in [6.07, 6.45) is 0. The number of hydrogen-bond acceptors (Lipinski definition) is 1. The molecular weight excluding hydrogens is 809 g/mol. The van der Waals surface area contributed by atoms with E-state index in [1.54, 1.807) is 0 Å². The van der Waals surface area contributed by atoms with Crippen molar-refractivity contribution in [3.05, 3.63) is 267 Å². The van der Waals surface area contributed by atoms with Gasteiger partial charge in [0.05, 0.1) is 22.4 Å². The molecule has 0 fully saturated rings. The molecule has 0 aliphatic carbocycles. The average molecular weight is 853 g/mol. The van der Waals surface area contributed by atoms with Gasteiger partial charge in [-0.1, -0.05) is 194 Å². The molecule has 0 aliphatic rings. The lowest BCUT2D eigenvalue weighted by atomic mass is 9.89. The molecule has 0 radical (unpaired) electrons. The fourth-order valence-electron chi connectivity index (χ4n) is 9.59. The topological polar surface area (TPSA) is 17.8 Å². The summed E-state index contributed by atoms with van der Waals surface area (Å²) in [6.45, 7) is 0. The van der Waals surface area contributed by atoms with Gasteiger partial charge < -0.3 is 4.57 Å². The standard InChI is InChI=1S/C65H44N2/c1-5-17-45(18-6-1)52-37-53(46-19-7-2-8-20-46)40-56(39-52)57-41-54(38-55(42-57)49-33-35-59(36-34-49)67-64-27-15-13-25-60(64)61-26-14-16-28-65(61)67)47-29-31-48(32-30-47)58-43-62(50-21-9-3-10-22-50)66-63(44-58)51-23-11-4-12-24-51/h1-44H. The molecule has 0 saturated carbocycles. The van der Waals surface area contributed by atoms with Gasteiger partial charge in [0.2, 0.25) is 0 Å². The molecular formula is C65H44N2. The minimum atomic E-state index is 0.954. The molecule has 314 valence electrons. The van der Waals surface area contributed by atoms with Gasteiger partial charge in [0, 0.05) is 27.6 Å². The van der Waals surface area contributed by atoms with E-state index in [1.807, 2.05) is 0 Å². The van der Waals surface area contributed by atoms with Gasteiger partial charge in [0.15, 0.2) is 0 Å². The highest BCUT2D eigenvalue weighted by atomic mass is 15.0. The first-order valence-electron chi connectivity index (χ1n) is 22.9. The lowest BCUT2D eigenvalue weighted by Crippen LogP contribution is -1.94. The van der Waals surface area contributed by atoms with Gasteiger partial charge in [-0.05, 0) is 140 Å². The molecule has 0 bridgehead atoms. The van der Waals surface area contributed by atoms with Crippen LogP contribution in [0.1, 0.15) is 0 Å². The van der Waals surface area contributed by atoms with Crippen molar-refractivity contribution in [2.75, 3.05) is 0 Å². The fourth-order valence-corrected chi connectivity index (χ4v) is 9.59. The molecule has 12 aromatic rings. The van der Waals surface area contributed by atoms with Gasteiger partial charge in [-0.2, -0.15) is 0 Å². The molecule has 0 spiro atoms. The van der Waals surface area contributed by atoms with Crippen molar-refractivity contribution in [1.29, 1.82) is 0 Å². The van der Waals surface area contributed by atoms with Crippen molar-refractivity contribution in [2.45, 2.75) is 0 Å². The maximum absolute atomic E-state index is 5.14. The molecule has 2 aromatic heterocycles. The Morgan fingerprint density at radius 2 is 0.478 bits per heavy atom. The third-order valence-corrected chi connectivity index (χ3v) is 13.0. The van der Waals surface area contributed by atoms with E-state index in [0.717, 1.165) is 67.1 Å². The SMILES string of the molecule is c1ccc(-c2cc(-c3ccccc3)cc(-c3cc(-c4ccc(-c5cc(-c6ccccc6)nc(-c6ccccc6)c5)cc4)cc(-c4ccc(-n5c6ccccc6c6ccccc65)cc4)c3)c2)cc1. The van der Waals surface area contributed by atoms with Crippen molar-refractivity contribution < 1.29 is 0 Å². The van der Waals surface area contributed by atoms with Gasteiger partial charge in [0.25, 0.3) is 0 Å². The third kappa shape index (κ3) is 7.81. The van der Waals surface area contributed by atoms with Crippen LogP contribution in [0.25, 0.3) is 117 Å². The van der Waals surface area contributed by atoms with Crippen LogP contribution in [0, 0.1) is 0 Å². The first kappa shape index (κ1) is 39.7. The molecule has 2 heterocycles. The van der Waals surface area contributed by atoms with E-state index in [9.17, 15) is 0 Å². The molecule has 0 N–H and O–H groups in total. The predicted octanol–water partition coefficient (Wildman–Crippen LogP) is 17.5. The maximum Gasteiger partial charge on any atom is 0.0715 e. The smallest absolute Gasteiger partial charge is 0.0715 e. The third-order valence-electron chi connectivity index (χ3n) is 13.0. The van der Waals surface area contributed by atoms with E-state index in [-0.39, 0.29) is 0 Å². The Morgan fingerprint density at radius 1 is 0.209 bits per heavy atom. The Balaban J connectivity index is 0.992. The maximum atomic E-state index is 5.14. The van der Waals surface area contributed by atoms with Crippen LogP contribution in [0.5, 0.6) is 0 Å². The lowest BCUT2D eigenvalue weighted by Gasteiger charge is -2.15. The number of para-hydroxylation sites is 2. The van der Waals surface area contributed by atoms with Gasteiger partial charge in [-0.3, -0.25) is 0 Å². The average Bonchev–Trinajstić information content (AvgIpc) is 3.76. The number of benzene rings is 10. The van der Waals surface area contributed by atoms with Crippen LogP contribution in [0.4, 0.5) is 0 Å². The number of fused-ring (bicyclic) bond motifs is 3. The first-order valence-corrected chi connectivity index (χ1v) is 22.9. The second kappa shape index (κ2) is 17.3. The van der Waals surface area contributed by atoms with Crippen molar-refractivity contribution in [3.63, 3.8) is 0 Å².